The molecule has 1 atom stereocenters. The molecule has 1 rings (SSSR count). The van der Waals surface area contributed by atoms with E-state index < -0.39 is 17.9 Å². The molecule has 0 saturated carbocycles. The summed E-state index contributed by atoms with van der Waals surface area (Å²) in [5.74, 6) is 0.0688. The summed E-state index contributed by atoms with van der Waals surface area (Å²) in [6.07, 6.45) is 15.2. The van der Waals surface area contributed by atoms with Gasteiger partial charge in [-0.3, -0.25) is 4.79 Å². The standard InChI is InChI=1S/C25H35NO4S/c1-19(2)8-5-9-20(3)10-6-11-21(4)15-17-31-18-23(25(28)29)26-24(27)14-13-22-12-7-16-30-22/h7-8,10,12-16,23H,5-6,9,11,17-18H2,1-4H3,(H,26,27)(H,28,29)/b14-13+,20-10+,21-15-/t23-/m0/s1. The van der Waals surface area contributed by atoms with Crippen LogP contribution in [0.2, 0.25) is 0 Å². The molecule has 0 saturated heterocycles. The molecule has 1 amide bonds. The summed E-state index contributed by atoms with van der Waals surface area (Å²) in [5, 5.41) is 11.9. The van der Waals surface area contributed by atoms with Gasteiger partial charge in [-0.15, -0.1) is 0 Å². The van der Waals surface area contributed by atoms with Crippen molar-refractivity contribution in [3.8, 4) is 0 Å². The van der Waals surface area contributed by atoms with Crippen molar-refractivity contribution in [2.24, 2.45) is 0 Å². The van der Waals surface area contributed by atoms with E-state index in [0.29, 0.717) is 11.5 Å². The number of hydrogen-bond donors (Lipinski definition) is 2. The van der Waals surface area contributed by atoms with Crippen LogP contribution in [0.3, 0.4) is 0 Å². The van der Waals surface area contributed by atoms with E-state index in [9.17, 15) is 14.7 Å². The minimum Gasteiger partial charge on any atom is -0.480 e. The normalized spacial score (nSPS) is 13.3. The van der Waals surface area contributed by atoms with Gasteiger partial charge in [0.1, 0.15) is 11.8 Å². The predicted octanol–water partition coefficient (Wildman–Crippen LogP) is 6.01. The quantitative estimate of drug-likeness (QED) is 0.208. The molecule has 1 aromatic heterocycles. The van der Waals surface area contributed by atoms with Crippen LogP contribution in [0, 0.1) is 0 Å². The number of carbonyl (C=O) groups excluding carboxylic acids is 1. The van der Waals surface area contributed by atoms with Crippen LogP contribution >= 0.6 is 11.8 Å². The first kappa shape index (κ1) is 26.6. The lowest BCUT2D eigenvalue weighted by Crippen LogP contribution is -2.41. The Labute approximate surface area is 190 Å². The van der Waals surface area contributed by atoms with Crippen LogP contribution in [-0.2, 0) is 9.59 Å². The molecule has 0 unspecified atom stereocenters. The van der Waals surface area contributed by atoms with Crippen molar-refractivity contribution in [2.75, 3.05) is 11.5 Å². The maximum Gasteiger partial charge on any atom is 0.327 e. The number of furan rings is 1. The average Bonchev–Trinajstić information content (AvgIpc) is 3.22. The third kappa shape index (κ3) is 13.4. The van der Waals surface area contributed by atoms with Gasteiger partial charge in [-0.05, 0) is 71.6 Å². The molecule has 5 nitrogen and oxygen atoms in total. The fourth-order valence-corrected chi connectivity index (χ4v) is 3.66. The van der Waals surface area contributed by atoms with Gasteiger partial charge < -0.3 is 14.8 Å². The lowest BCUT2D eigenvalue weighted by Gasteiger charge is -2.12. The highest BCUT2D eigenvalue weighted by molar-refractivity contribution is 7.99. The van der Waals surface area contributed by atoms with Gasteiger partial charge in [-0.25, -0.2) is 4.79 Å². The molecule has 0 spiro atoms. The van der Waals surface area contributed by atoms with E-state index in [1.807, 2.05) is 0 Å². The monoisotopic (exact) mass is 445 g/mol. The maximum absolute atomic E-state index is 11.9. The number of amides is 1. The Kier molecular flexibility index (Phi) is 13.2. The first-order chi connectivity index (χ1) is 14.8. The van der Waals surface area contributed by atoms with Gasteiger partial charge in [-0.2, -0.15) is 11.8 Å². The SMILES string of the molecule is CC(C)=CCC/C(C)=C/CC/C(C)=C\CSC[C@H](NC(=O)/C=C/c1ccco1)C(=O)O. The topological polar surface area (TPSA) is 79.5 Å². The number of aliphatic carboxylic acids is 1. The summed E-state index contributed by atoms with van der Waals surface area (Å²) < 4.78 is 5.11. The minimum atomic E-state index is -1.04. The zero-order chi connectivity index (χ0) is 23.1. The van der Waals surface area contributed by atoms with E-state index in [0.717, 1.165) is 31.4 Å². The van der Waals surface area contributed by atoms with Crippen molar-refractivity contribution in [1.29, 1.82) is 0 Å². The molecular formula is C25H35NO4S. The van der Waals surface area contributed by atoms with Gasteiger partial charge >= 0.3 is 5.97 Å². The van der Waals surface area contributed by atoms with Gasteiger partial charge in [-0.1, -0.05) is 34.9 Å². The highest BCUT2D eigenvalue weighted by atomic mass is 32.2. The summed E-state index contributed by atoms with van der Waals surface area (Å²) in [7, 11) is 0. The van der Waals surface area contributed by atoms with Crippen molar-refractivity contribution in [2.45, 2.75) is 59.4 Å². The Balaban J connectivity index is 2.33. The van der Waals surface area contributed by atoms with E-state index in [-0.39, 0.29) is 0 Å². The van der Waals surface area contributed by atoms with Crippen LogP contribution in [0.1, 0.15) is 59.1 Å². The molecule has 1 aromatic rings. The Morgan fingerprint density at radius 1 is 1.10 bits per heavy atom. The summed E-state index contributed by atoms with van der Waals surface area (Å²) in [6, 6.07) is 2.50. The lowest BCUT2D eigenvalue weighted by molar-refractivity contribution is -0.140. The number of rotatable bonds is 14. The van der Waals surface area contributed by atoms with Crippen LogP contribution in [-0.4, -0.2) is 34.5 Å². The van der Waals surface area contributed by atoms with Crippen molar-refractivity contribution in [1.82, 2.24) is 5.32 Å². The Morgan fingerprint density at radius 3 is 2.39 bits per heavy atom. The van der Waals surface area contributed by atoms with Gasteiger partial charge in [0, 0.05) is 17.6 Å². The van der Waals surface area contributed by atoms with E-state index in [4.69, 9.17) is 4.42 Å². The van der Waals surface area contributed by atoms with Crippen LogP contribution in [0.5, 0.6) is 0 Å². The highest BCUT2D eigenvalue weighted by Gasteiger charge is 2.18. The summed E-state index contributed by atoms with van der Waals surface area (Å²) in [5.41, 5.74) is 4.07. The molecule has 1 heterocycles. The Morgan fingerprint density at radius 2 is 1.77 bits per heavy atom. The highest BCUT2D eigenvalue weighted by Crippen LogP contribution is 2.13. The molecule has 0 bridgehead atoms. The zero-order valence-electron chi connectivity index (χ0n) is 19.0. The van der Waals surface area contributed by atoms with Crippen LogP contribution in [0.15, 0.2) is 63.8 Å². The fourth-order valence-electron chi connectivity index (χ4n) is 2.66. The number of carboxylic acid groups (broad SMARTS) is 1. The molecule has 0 fully saturated rings. The number of nitrogens with one attached hydrogen (secondary N) is 1. The molecule has 0 aliphatic rings. The van der Waals surface area contributed by atoms with E-state index in [1.165, 1.54) is 46.9 Å². The van der Waals surface area contributed by atoms with Gasteiger partial charge in [0.25, 0.3) is 0 Å². The molecule has 2 N–H and O–H groups in total. The number of thioether (sulfide) groups is 1. The second kappa shape index (κ2) is 15.3. The maximum atomic E-state index is 11.9. The first-order valence-electron chi connectivity index (χ1n) is 10.5. The molecule has 0 radical (unpaired) electrons. The molecule has 0 aromatic carbocycles. The lowest BCUT2D eigenvalue weighted by atomic mass is 10.1. The molecule has 0 aliphatic carbocycles. The minimum absolute atomic E-state index is 0.308. The van der Waals surface area contributed by atoms with Crippen LogP contribution < -0.4 is 5.32 Å². The molecule has 31 heavy (non-hydrogen) atoms. The number of hydrogen-bond acceptors (Lipinski definition) is 4. The second-order valence-electron chi connectivity index (χ2n) is 7.75. The largest absolute Gasteiger partial charge is 0.480 e. The van der Waals surface area contributed by atoms with Gasteiger partial charge in [0.05, 0.1) is 6.26 Å². The smallest absolute Gasteiger partial charge is 0.327 e. The van der Waals surface area contributed by atoms with Crippen molar-refractivity contribution in [3.05, 3.63) is 65.2 Å². The van der Waals surface area contributed by atoms with Crippen molar-refractivity contribution >= 4 is 29.7 Å². The third-order valence-corrected chi connectivity index (χ3v) is 5.49. The summed E-state index contributed by atoms with van der Waals surface area (Å²) in [6.45, 7) is 8.52. The molecule has 0 aliphatic heterocycles. The Hall–Kier alpha value is -2.47. The van der Waals surface area contributed by atoms with Crippen molar-refractivity contribution in [3.63, 3.8) is 0 Å². The van der Waals surface area contributed by atoms with Crippen LogP contribution in [0.25, 0.3) is 6.08 Å². The van der Waals surface area contributed by atoms with Crippen molar-refractivity contribution < 1.29 is 19.1 Å². The van der Waals surface area contributed by atoms with E-state index in [1.54, 1.807) is 12.1 Å². The zero-order valence-corrected chi connectivity index (χ0v) is 19.8. The molecule has 6 heteroatoms. The average molecular weight is 446 g/mol. The number of carbonyl (C=O) groups is 2. The number of carboxylic acids is 1. The summed E-state index contributed by atoms with van der Waals surface area (Å²) >= 11 is 1.49. The van der Waals surface area contributed by atoms with Gasteiger partial charge in [0.15, 0.2) is 0 Å². The van der Waals surface area contributed by atoms with E-state index in [2.05, 4.69) is 51.2 Å². The number of allylic oxidation sites excluding steroid dienone is 5. The van der Waals surface area contributed by atoms with E-state index >= 15 is 0 Å². The Bertz CT molecular complexity index is 799. The summed E-state index contributed by atoms with van der Waals surface area (Å²) in [4.78, 5) is 23.4. The fraction of sp³-hybridized carbons (Fsp3) is 0.440. The molecular weight excluding hydrogens is 410 g/mol. The first-order valence-corrected chi connectivity index (χ1v) is 11.7. The molecule has 170 valence electrons. The predicted molar refractivity (Wildman–Crippen MR) is 130 cm³/mol. The van der Waals surface area contributed by atoms with Gasteiger partial charge in [0.2, 0.25) is 5.91 Å². The van der Waals surface area contributed by atoms with Crippen LogP contribution in [0.4, 0.5) is 0 Å². The third-order valence-electron chi connectivity index (χ3n) is 4.51. The second-order valence-corrected chi connectivity index (χ2v) is 8.82.